The lowest BCUT2D eigenvalue weighted by atomic mass is 10.1. The molecule has 1 fully saturated rings. The molecule has 0 N–H and O–H groups in total. The zero-order valence-corrected chi connectivity index (χ0v) is 12.2. The molecule has 0 aromatic carbocycles. The summed E-state index contributed by atoms with van der Waals surface area (Å²) in [6.07, 6.45) is 4.77. The van der Waals surface area contributed by atoms with Crippen LogP contribution < -0.4 is 0 Å². The fourth-order valence-corrected chi connectivity index (χ4v) is 4.65. The Morgan fingerprint density at radius 3 is 2.78 bits per heavy atom. The molecule has 0 spiro atoms. The van der Waals surface area contributed by atoms with E-state index in [1.54, 1.807) is 0 Å². The third-order valence-corrected chi connectivity index (χ3v) is 5.82. The van der Waals surface area contributed by atoms with E-state index in [1.165, 1.54) is 29.7 Å². The molecular weight excluding hydrogens is 264 g/mol. The molecule has 2 nitrogen and oxygen atoms in total. The van der Waals surface area contributed by atoms with Gasteiger partial charge in [0.15, 0.2) is 0 Å². The van der Waals surface area contributed by atoms with Crippen LogP contribution in [0.5, 0.6) is 0 Å². The molecule has 0 amide bonds. The van der Waals surface area contributed by atoms with Gasteiger partial charge in [0.1, 0.15) is 15.8 Å². The van der Waals surface area contributed by atoms with Gasteiger partial charge >= 0.3 is 0 Å². The van der Waals surface area contributed by atoms with Gasteiger partial charge in [0.2, 0.25) is 0 Å². The highest BCUT2D eigenvalue weighted by Gasteiger charge is 2.48. The molecule has 1 saturated carbocycles. The number of hydrogen-bond donors (Lipinski definition) is 0. The highest BCUT2D eigenvalue weighted by atomic mass is 35.5. The van der Waals surface area contributed by atoms with Crippen LogP contribution in [0.1, 0.15) is 48.9 Å². The number of aromatic nitrogens is 2. The van der Waals surface area contributed by atoms with Crippen LogP contribution in [0.15, 0.2) is 0 Å². The third-order valence-electron chi connectivity index (χ3n) is 4.36. The Balaban J connectivity index is 1.90. The standard InChI is InChI=1S/C14H15ClN2S/c1-14(2)6-8(14)12-16-11(15)10-7-4-3-5-9(7)18-13(10)17-12/h8H,3-6H2,1-2H3. The predicted molar refractivity (Wildman–Crippen MR) is 75.6 cm³/mol. The van der Waals surface area contributed by atoms with Crippen molar-refractivity contribution in [3.05, 3.63) is 21.4 Å². The molecule has 1 unspecified atom stereocenters. The first-order chi connectivity index (χ1) is 8.56. The summed E-state index contributed by atoms with van der Waals surface area (Å²) in [6.45, 7) is 4.54. The fraction of sp³-hybridized carbons (Fsp3) is 0.571. The molecule has 94 valence electrons. The molecule has 0 bridgehead atoms. The largest absolute Gasteiger partial charge is 0.222 e. The molecule has 2 aliphatic rings. The van der Waals surface area contributed by atoms with E-state index in [0.29, 0.717) is 16.5 Å². The predicted octanol–water partition coefficient (Wildman–Crippen LogP) is 4.35. The average molecular weight is 279 g/mol. The molecule has 0 radical (unpaired) electrons. The van der Waals surface area contributed by atoms with E-state index in [2.05, 4.69) is 18.8 Å². The van der Waals surface area contributed by atoms with Crippen LogP contribution in [0.4, 0.5) is 0 Å². The molecule has 2 heterocycles. The summed E-state index contributed by atoms with van der Waals surface area (Å²) in [5.74, 6) is 1.45. The van der Waals surface area contributed by atoms with Crippen molar-refractivity contribution >= 4 is 33.2 Å². The zero-order valence-electron chi connectivity index (χ0n) is 10.6. The van der Waals surface area contributed by atoms with Crippen LogP contribution in [-0.4, -0.2) is 9.97 Å². The molecule has 0 saturated heterocycles. The van der Waals surface area contributed by atoms with Crippen LogP contribution in [-0.2, 0) is 12.8 Å². The summed E-state index contributed by atoms with van der Waals surface area (Å²) in [7, 11) is 0. The SMILES string of the molecule is CC1(C)CC1c1nc(Cl)c2c3c(sc2n1)CCC3. The van der Waals surface area contributed by atoms with Gasteiger partial charge in [0.05, 0.1) is 5.39 Å². The van der Waals surface area contributed by atoms with Gasteiger partial charge in [-0.2, -0.15) is 0 Å². The maximum absolute atomic E-state index is 6.41. The van der Waals surface area contributed by atoms with E-state index in [0.717, 1.165) is 22.5 Å². The summed E-state index contributed by atoms with van der Waals surface area (Å²) in [4.78, 5) is 11.9. The Kier molecular flexibility index (Phi) is 2.15. The summed E-state index contributed by atoms with van der Waals surface area (Å²) in [5, 5.41) is 1.81. The number of rotatable bonds is 1. The molecule has 4 rings (SSSR count). The number of aryl methyl sites for hydroxylation is 2. The van der Waals surface area contributed by atoms with Crippen LogP contribution in [0.2, 0.25) is 5.15 Å². The molecule has 18 heavy (non-hydrogen) atoms. The third kappa shape index (κ3) is 1.47. The van der Waals surface area contributed by atoms with Crippen LogP contribution in [0, 0.1) is 5.41 Å². The summed E-state index contributed by atoms with van der Waals surface area (Å²) in [6, 6.07) is 0. The quantitative estimate of drug-likeness (QED) is 0.725. The minimum Gasteiger partial charge on any atom is -0.222 e. The first kappa shape index (κ1) is 11.2. The maximum Gasteiger partial charge on any atom is 0.141 e. The fourth-order valence-electron chi connectivity index (χ4n) is 3.03. The van der Waals surface area contributed by atoms with E-state index in [4.69, 9.17) is 16.6 Å². The average Bonchev–Trinajstić information content (AvgIpc) is 2.66. The number of nitrogens with zero attached hydrogens (tertiary/aromatic N) is 2. The Bertz CT molecular complexity index is 659. The molecular formula is C14H15ClN2S. The molecule has 4 heteroatoms. The first-order valence-electron chi connectivity index (χ1n) is 6.54. The van der Waals surface area contributed by atoms with Crippen molar-refractivity contribution in [3.63, 3.8) is 0 Å². The molecule has 2 aliphatic carbocycles. The number of fused-ring (bicyclic) bond motifs is 3. The van der Waals surface area contributed by atoms with Crippen molar-refractivity contribution in [1.82, 2.24) is 9.97 Å². The Hall–Kier alpha value is -0.670. The number of halogens is 1. The van der Waals surface area contributed by atoms with Crippen LogP contribution >= 0.6 is 22.9 Å². The minimum atomic E-state index is 0.358. The summed E-state index contributed by atoms with van der Waals surface area (Å²) >= 11 is 8.23. The van der Waals surface area contributed by atoms with Gasteiger partial charge in [-0.15, -0.1) is 11.3 Å². The highest BCUT2D eigenvalue weighted by molar-refractivity contribution is 7.19. The topological polar surface area (TPSA) is 25.8 Å². The highest BCUT2D eigenvalue weighted by Crippen LogP contribution is 2.58. The van der Waals surface area contributed by atoms with E-state index in [9.17, 15) is 0 Å². The number of hydrogen-bond acceptors (Lipinski definition) is 3. The Morgan fingerprint density at radius 1 is 1.28 bits per heavy atom. The summed E-state index contributed by atoms with van der Waals surface area (Å²) in [5.41, 5.74) is 1.78. The Morgan fingerprint density at radius 2 is 2.06 bits per heavy atom. The van der Waals surface area contributed by atoms with Gasteiger partial charge in [-0.25, -0.2) is 9.97 Å². The van der Waals surface area contributed by atoms with Crippen LogP contribution in [0.25, 0.3) is 10.2 Å². The lowest BCUT2D eigenvalue weighted by Crippen LogP contribution is -1.98. The van der Waals surface area contributed by atoms with Gasteiger partial charge in [0.25, 0.3) is 0 Å². The zero-order chi connectivity index (χ0) is 12.5. The van der Waals surface area contributed by atoms with Crippen molar-refractivity contribution in [3.8, 4) is 0 Å². The van der Waals surface area contributed by atoms with E-state index in [-0.39, 0.29) is 0 Å². The van der Waals surface area contributed by atoms with Crippen molar-refractivity contribution in [1.29, 1.82) is 0 Å². The normalized spacial score (nSPS) is 24.5. The van der Waals surface area contributed by atoms with Gasteiger partial charge in [-0.1, -0.05) is 25.4 Å². The van der Waals surface area contributed by atoms with E-state index < -0.39 is 0 Å². The van der Waals surface area contributed by atoms with Gasteiger partial charge < -0.3 is 0 Å². The first-order valence-corrected chi connectivity index (χ1v) is 7.73. The van der Waals surface area contributed by atoms with Crippen LogP contribution in [0.3, 0.4) is 0 Å². The lowest BCUT2D eigenvalue weighted by Gasteiger charge is -2.04. The van der Waals surface area contributed by atoms with E-state index in [1.807, 2.05) is 11.3 Å². The smallest absolute Gasteiger partial charge is 0.141 e. The maximum atomic E-state index is 6.41. The van der Waals surface area contributed by atoms with Crippen molar-refractivity contribution in [2.75, 3.05) is 0 Å². The second-order valence-electron chi connectivity index (χ2n) is 6.16. The van der Waals surface area contributed by atoms with Crippen molar-refractivity contribution < 1.29 is 0 Å². The van der Waals surface area contributed by atoms with Crippen molar-refractivity contribution in [2.24, 2.45) is 5.41 Å². The van der Waals surface area contributed by atoms with E-state index >= 15 is 0 Å². The second kappa shape index (κ2) is 3.45. The Labute approximate surface area is 115 Å². The van der Waals surface area contributed by atoms with Gasteiger partial charge in [0, 0.05) is 10.8 Å². The molecule has 1 atom stereocenters. The van der Waals surface area contributed by atoms with Gasteiger partial charge in [-0.05, 0) is 36.7 Å². The molecule has 2 aromatic rings. The molecule has 2 aromatic heterocycles. The second-order valence-corrected chi connectivity index (χ2v) is 7.60. The lowest BCUT2D eigenvalue weighted by molar-refractivity contribution is 0.609. The van der Waals surface area contributed by atoms with Crippen molar-refractivity contribution in [2.45, 2.75) is 45.4 Å². The number of thiophene rings is 1. The minimum absolute atomic E-state index is 0.358. The monoisotopic (exact) mass is 278 g/mol. The summed E-state index contributed by atoms with van der Waals surface area (Å²) < 4.78 is 0. The molecule has 0 aliphatic heterocycles. The van der Waals surface area contributed by atoms with Gasteiger partial charge in [-0.3, -0.25) is 0 Å².